The Morgan fingerprint density at radius 3 is 2.10 bits per heavy atom. The van der Waals surface area contributed by atoms with Crippen LogP contribution >= 0.6 is 0 Å². The summed E-state index contributed by atoms with van der Waals surface area (Å²) in [6, 6.07) is 24.4. The minimum absolute atomic E-state index is 0.245. The number of rotatable bonds is 4. The molecule has 0 saturated heterocycles. The lowest BCUT2D eigenvalue weighted by Crippen LogP contribution is -2.29. The number of fused-ring (bicyclic) bond motifs is 1. The van der Waals surface area contributed by atoms with E-state index >= 15 is 0 Å². The standard InChI is InChI=1S/C24H16N4O3/c29-22(21-13-14-27(26-21)17-8-2-1-3-9-17)25-16-7-6-10-18(15-16)28-23(30)19-11-4-5-12-20(19)24(28)31/h1-15H,(H,25,29). The summed E-state index contributed by atoms with van der Waals surface area (Å²) >= 11 is 0. The molecule has 3 aromatic carbocycles. The first-order chi connectivity index (χ1) is 15.1. The van der Waals surface area contributed by atoms with Crippen molar-refractivity contribution in [3.63, 3.8) is 0 Å². The highest BCUT2D eigenvalue weighted by Crippen LogP contribution is 2.29. The Balaban J connectivity index is 1.37. The van der Waals surface area contributed by atoms with Crippen LogP contribution in [0.3, 0.4) is 0 Å². The highest BCUT2D eigenvalue weighted by atomic mass is 16.2. The number of anilines is 2. The van der Waals surface area contributed by atoms with E-state index in [2.05, 4.69) is 10.4 Å². The van der Waals surface area contributed by atoms with Crippen molar-refractivity contribution >= 4 is 29.1 Å². The van der Waals surface area contributed by atoms with E-state index in [1.54, 1.807) is 65.5 Å². The van der Waals surface area contributed by atoms with E-state index in [4.69, 9.17) is 0 Å². The Kier molecular flexibility index (Phi) is 4.41. The number of nitrogens with one attached hydrogen (secondary N) is 1. The Hall–Kier alpha value is -4.52. The van der Waals surface area contributed by atoms with Crippen LogP contribution in [0, 0.1) is 0 Å². The molecular formula is C24H16N4O3. The molecule has 5 rings (SSSR count). The molecule has 1 aromatic heterocycles. The van der Waals surface area contributed by atoms with Crippen LogP contribution in [-0.4, -0.2) is 27.5 Å². The lowest BCUT2D eigenvalue weighted by Gasteiger charge is -2.15. The van der Waals surface area contributed by atoms with Crippen LogP contribution in [0.25, 0.3) is 5.69 Å². The van der Waals surface area contributed by atoms with Gasteiger partial charge in [0.1, 0.15) is 0 Å². The van der Waals surface area contributed by atoms with Gasteiger partial charge in [-0.05, 0) is 48.5 Å². The summed E-state index contributed by atoms with van der Waals surface area (Å²) in [6.45, 7) is 0. The number of benzene rings is 3. The Bertz CT molecular complexity index is 1290. The van der Waals surface area contributed by atoms with Crippen molar-refractivity contribution in [2.75, 3.05) is 10.2 Å². The van der Waals surface area contributed by atoms with Crippen molar-refractivity contribution in [3.8, 4) is 5.69 Å². The summed E-state index contributed by atoms with van der Waals surface area (Å²) in [6.07, 6.45) is 1.71. The van der Waals surface area contributed by atoms with E-state index in [1.165, 1.54) is 0 Å². The van der Waals surface area contributed by atoms with Gasteiger partial charge in [0.25, 0.3) is 17.7 Å². The Labute approximate surface area is 177 Å². The fourth-order valence-electron chi connectivity index (χ4n) is 3.51. The van der Waals surface area contributed by atoms with Crippen molar-refractivity contribution in [3.05, 3.63) is 108 Å². The molecule has 0 saturated carbocycles. The predicted molar refractivity (Wildman–Crippen MR) is 116 cm³/mol. The fourth-order valence-corrected chi connectivity index (χ4v) is 3.51. The van der Waals surface area contributed by atoms with Crippen molar-refractivity contribution in [1.29, 1.82) is 0 Å². The predicted octanol–water partition coefficient (Wildman–Crippen LogP) is 3.93. The number of amides is 3. The zero-order valence-electron chi connectivity index (χ0n) is 16.2. The van der Waals surface area contributed by atoms with Crippen molar-refractivity contribution in [2.45, 2.75) is 0 Å². The quantitative estimate of drug-likeness (QED) is 0.519. The molecule has 4 aromatic rings. The third kappa shape index (κ3) is 3.28. The smallest absolute Gasteiger partial charge is 0.276 e. The maximum atomic E-state index is 12.7. The van der Waals surface area contributed by atoms with Gasteiger partial charge in [0, 0.05) is 11.9 Å². The number of hydrogen-bond donors (Lipinski definition) is 1. The molecule has 0 bridgehead atoms. The van der Waals surface area contributed by atoms with Crippen LogP contribution in [0.1, 0.15) is 31.2 Å². The fraction of sp³-hybridized carbons (Fsp3) is 0. The lowest BCUT2D eigenvalue weighted by molar-refractivity contribution is 0.0925. The first kappa shape index (κ1) is 18.5. The van der Waals surface area contributed by atoms with Gasteiger partial charge in [-0.3, -0.25) is 14.4 Å². The monoisotopic (exact) mass is 408 g/mol. The summed E-state index contributed by atoms with van der Waals surface area (Å²) in [5.41, 5.74) is 2.66. The number of imide groups is 1. The van der Waals surface area contributed by atoms with E-state index in [0.29, 0.717) is 22.5 Å². The molecule has 0 radical (unpaired) electrons. The second-order valence-electron chi connectivity index (χ2n) is 6.98. The Morgan fingerprint density at radius 2 is 1.39 bits per heavy atom. The van der Waals surface area contributed by atoms with Gasteiger partial charge in [0.05, 0.1) is 22.5 Å². The number of aromatic nitrogens is 2. The second kappa shape index (κ2) is 7.38. The van der Waals surface area contributed by atoms with E-state index < -0.39 is 5.91 Å². The molecule has 7 nitrogen and oxygen atoms in total. The highest BCUT2D eigenvalue weighted by Gasteiger charge is 2.36. The first-order valence-corrected chi connectivity index (χ1v) is 9.62. The topological polar surface area (TPSA) is 84.3 Å². The summed E-state index contributed by atoms with van der Waals surface area (Å²) in [4.78, 5) is 39.2. The van der Waals surface area contributed by atoms with Crippen molar-refractivity contribution in [1.82, 2.24) is 9.78 Å². The SMILES string of the molecule is O=C(Nc1cccc(N2C(=O)c3ccccc3C2=O)c1)c1ccn(-c2ccccc2)n1. The van der Waals surface area contributed by atoms with Gasteiger partial charge in [-0.25, -0.2) is 9.58 Å². The van der Waals surface area contributed by atoms with Crippen LogP contribution in [0.15, 0.2) is 91.1 Å². The molecule has 0 spiro atoms. The summed E-state index contributed by atoms with van der Waals surface area (Å²) < 4.78 is 1.62. The highest BCUT2D eigenvalue weighted by molar-refractivity contribution is 6.34. The molecule has 150 valence electrons. The zero-order chi connectivity index (χ0) is 21.4. The molecule has 0 aliphatic carbocycles. The van der Waals surface area contributed by atoms with Gasteiger partial charge < -0.3 is 5.32 Å². The number of para-hydroxylation sites is 1. The minimum Gasteiger partial charge on any atom is -0.321 e. The van der Waals surface area contributed by atoms with Crippen LogP contribution in [0.5, 0.6) is 0 Å². The van der Waals surface area contributed by atoms with Crippen LogP contribution in [0.2, 0.25) is 0 Å². The molecule has 1 aliphatic heterocycles. The van der Waals surface area contributed by atoms with Gasteiger partial charge in [-0.1, -0.05) is 36.4 Å². The number of carbonyl (C=O) groups excluding carboxylic acids is 3. The van der Waals surface area contributed by atoms with E-state index in [9.17, 15) is 14.4 Å². The van der Waals surface area contributed by atoms with Crippen molar-refractivity contribution in [2.24, 2.45) is 0 Å². The minimum atomic E-state index is -0.394. The maximum Gasteiger partial charge on any atom is 0.276 e. The summed E-state index contributed by atoms with van der Waals surface area (Å²) in [5.74, 6) is -1.16. The molecule has 1 N–H and O–H groups in total. The maximum absolute atomic E-state index is 12.7. The molecule has 31 heavy (non-hydrogen) atoms. The molecule has 1 aliphatic rings. The first-order valence-electron chi connectivity index (χ1n) is 9.62. The average Bonchev–Trinajstić information content (AvgIpc) is 3.39. The van der Waals surface area contributed by atoms with E-state index in [-0.39, 0.29) is 17.5 Å². The van der Waals surface area contributed by atoms with Crippen LogP contribution in [0.4, 0.5) is 11.4 Å². The zero-order valence-corrected chi connectivity index (χ0v) is 16.2. The molecule has 3 amide bonds. The van der Waals surface area contributed by atoms with Crippen LogP contribution < -0.4 is 10.2 Å². The molecule has 0 atom stereocenters. The third-order valence-corrected chi connectivity index (χ3v) is 5.00. The third-order valence-electron chi connectivity index (χ3n) is 5.00. The molecule has 0 unspecified atom stereocenters. The van der Waals surface area contributed by atoms with Gasteiger partial charge in [0.15, 0.2) is 5.69 Å². The van der Waals surface area contributed by atoms with Gasteiger partial charge in [-0.2, -0.15) is 5.10 Å². The van der Waals surface area contributed by atoms with Crippen LogP contribution in [-0.2, 0) is 0 Å². The van der Waals surface area contributed by atoms with E-state index in [0.717, 1.165) is 10.6 Å². The summed E-state index contributed by atoms with van der Waals surface area (Å²) in [5, 5.41) is 7.09. The normalized spacial score (nSPS) is 12.7. The van der Waals surface area contributed by atoms with Gasteiger partial charge in [-0.15, -0.1) is 0 Å². The number of carbonyl (C=O) groups is 3. The molecule has 0 fully saturated rings. The van der Waals surface area contributed by atoms with Gasteiger partial charge in [0.2, 0.25) is 0 Å². The van der Waals surface area contributed by atoms with Crippen molar-refractivity contribution < 1.29 is 14.4 Å². The average molecular weight is 408 g/mol. The Morgan fingerprint density at radius 1 is 0.742 bits per heavy atom. The summed E-state index contributed by atoms with van der Waals surface area (Å²) in [7, 11) is 0. The van der Waals surface area contributed by atoms with Gasteiger partial charge >= 0.3 is 0 Å². The molecule has 7 heteroatoms. The number of nitrogens with zero attached hydrogens (tertiary/aromatic N) is 3. The molecule has 2 heterocycles. The number of hydrogen-bond acceptors (Lipinski definition) is 4. The van der Waals surface area contributed by atoms with E-state index in [1.807, 2.05) is 30.3 Å². The second-order valence-corrected chi connectivity index (χ2v) is 6.98. The molecular weight excluding hydrogens is 392 g/mol. The lowest BCUT2D eigenvalue weighted by atomic mass is 10.1. The largest absolute Gasteiger partial charge is 0.321 e.